The Hall–Kier alpha value is -1.55. The Balaban J connectivity index is 2.13. The first-order valence-corrected chi connectivity index (χ1v) is 7.88. The van der Waals surface area contributed by atoms with Crippen molar-refractivity contribution in [1.29, 1.82) is 0 Å². The number of hydrogen-bond acceptors (Lipinski definition) is 3. The molecule has 1 aliphatic rings. The van der Waals surface area contributed by atoms with Crippen LogP contribution in [0.1, 0.15) is 43.7 Å². The van der Waals surface area contributed by atoms with Crippen molar-refractivity contribution >= 4 is 11.6 Å². The third-order valence-corrected chi connectivity index (χ3v) is 4.19. The molecule has 1 aromatic rings. The van der Waals surface area contributed by atoms with E-state index in [0.717, 1.165) is 49.2 Å². The lowest BCUT2D eigenvalue weighted by Crippen LogP contribution is -2.47. The summed E-state index contributed by atoms with van der Waals surface area (Å²) in [4.78, 5) is 14.9. The predicted octanol–water partition coefficient (Wildman–Crippen LogP) is 3.21. The maximum atomic E-state index is 12.6. The van der Waals surface area contributed by atoms with E-state index in [1.54, 1.807) is 12.1 Å². The zero-order valence-corrected chi connectivity index (χ0v) is 13.3. The number of nitrogens with zero attached hydrogens (tertiary/aromatic N) is 1. The van der Waals surface area contributed by atoms with Gasteiger partial charge in [-0.1, -0.05) is 13.3 Å². The van der Waals surface area contributed by atoms with Crippen LogP contribution in [0, 0.1) is 13.8 Å². The van der Waals surface area contributed by atoms with Gasteiger partial charge in [0, 0.05) is 5.69 Å². The summed E-state index contributed by atoms with van der Waals surface area (Å²) in [5.41, 5.74) is 2.64. The third kappa shape index (κ3) is 3.76. The molecule has 1 atom stereocenters. The summed E-state index contributed by atoms with van der Waals surface area (Å²) >= 11 is 0. The number of anilines is 1. The van der Waals surface area contributed by atoms with Gasteiger partial charge >= 0.3 is 0 Å². The van der Waals surface area contributed by atoms with Gasteiger partial charge < -0.3 is 10.4 Å². The van der Waals surface area contributed by atoms with Crippen molar-refractivity contribution in [3.63, 3.8) is 0 Å². The number of piperidine rings is 1. The number of likely N-dealkylation sites (tertiary alicyclic amines) is 1. The second-order valence-electron chi connectivity index (χ2n) is 5.99. The zero-order valence-electron chi connectivity index (χ0n) is 13.3. The van der Waals surface area contributed by atoms with Gasteiger partial charge in [0.15, 0.2) is 0 Å². The zero-order chi connectivity index (χ0) is 15.4. The molecular weight excluding hydrogens is 264 g/mol. The highest BCUT2D eigenvalue weighted by molar-refractivity contribution is 5.96. The molecule has 1 saturated heterocycles. The van der Waals surface area contributed by atoms with Crippen LogP contribution in [0.3, 0.4) is 0 Å². The number of hydrogen-bond donors (Lipinski definition) is 2. The molecular formula is C17H26N2O2. The molecule has 2 rings (SSSR count). The van der Waals surface area contributed by atoms with Gasteiger partial charge in [0.25, 0.3) is 0 Å². The molecule has 0 spiro atoms. The number of aryl methyl sites for hydroxylation is 2. The van der Waals surface area contributed by atoms with Crippen LogP contribution in [0.2, 0.25) is 0 Å². The Morgan fingerprint density at radius 1 is 1.33 bits per heavy atom. The fourth-order valence-electron chi connectivity index (χ4n) is 3.19. The van der Waals surface area contributed by atoms with E-state index in [1.807, 2.05) is 13.8 Å². The maximum Gasteiger partial charge on any atom is 0.241 e. The number of phenolic OH excluding ortho intramolecular Hbond substituents is 1. The standard InChI is InChI=1S/C17H26N2O2/c1-4-8-19-9-6-5-7-15(19)17(21)18-16-12(2)10-14(20)11-13(16)3/h10-11,15,20H,4-9H2,1-3H3,(H,18,21). The summed E-state index contributed by atoms with van der Waals surface area (Å²) < 4.78 is 0. The molecule has 1 unspecified atom stereocenters. The van der Waals surface area contributed by atoms with Crippen molar-refractivity contribution in [1.82, 2.24) is 4.90 Å². The number of carbonyl (C=O) groups excluding carboxylic acids is 1. The molecule has 1 fully saturated rings. The average Bonchev–Trinajstić information content (AvgIpc) is 2.43. The molecule has 2 N–H and O–H groups in total. The maximum absolute atomic E-state index is 12.6. The lowest BCUT2D eigenvalue weighted by atomic mass is 10.0. The number of amides is 1. The van der Waals surface area contributed by atoms with Crippen molar-refractivity contribution in [3.8, 4) is 5.75 Å². The van der Waals surface area contributed by atoms with E-state index in [1.165, 1.54) is 6.42 Å². The smallest absolute Gasteiger partial charge is 0.241 e. The van der Waals surface area contributed by atoms with Crippen LogP contribution in [-0.2, 0) is 4.79 Å². The molecule has 1 aliphatic heterocycles. The third-order valence-electron chi connectivity index (χ3n) is 4.19. The first kappa shape index (κ1) is 15.8. The molecule has 0 saturated carbocycles. The minimum absolute atomic E-state index is 0.0219. The van der Waals surface area contributed by atoms with E-state index >= 15 is 0 Å². The topological polar surface area (TPSA) is 52.6 Å². The Morgan fingerprint density at radius 3 is 2.62 bits per heavy atom. The van der Waals surface area contributed by atoms with Crippen LogP contribution in [0.15, 0.2) is 12.1 Å². The van der Waals surface area contributed by atoms with Gasteiger partial charge in [-0.15, -0.1) is 0 Å². The van der Waals surface area contributed by atoms with Crippen LogP contribution < -0.4 is 5.32 Å². The molecule has 4 nitrogen and oxygen atoms in total. The van der Waals surface area contributed by atoms with Crippen LogP contribution in [0.25, 0.3) is 0 Å². The number of nitrogens with one attached hydrogen (secondary N) is 1. The summed E-state index contributed by atoms with van der Waals surface area (Å²) in [6.45, 7) is 7.96. The summed E-state index contributed by atoms with van der Waals surface area (Å²) in [6, 6.07) is 3.35. The normalized spacial score (nSPS) is 19.5. The quantitative estimate of drug-likeness (QED) is 0.837. The summed E-state index contributed by atoms with van der Waals surface area (Å²) in [5.74, 6) is 0.327. The molecule has 1 heterocycles. The highest BCUT2D eigenvalue weighted by Gasteiger charge is 2.28. The molecule has 0 bridgehead atoms. The molecule has 4 heteroatoms. The predicted molar refractivity (Wildman–Crippen MR) is 85.7 cm³/mol. The van der Waals surface area contributed by atoms with E-state index < -0.39 is 0 Å². The van der Waals surface area contributed by atoms with Crippen LogP contribution >= 0.6 is 0 Å². The number of carbonyl (C=O) groups is 1. The highest BCUT2D eigenvalue weighted by Crippen LogP contribution is 2.27. The van der Waals surface area contributed by atoms with Gasteiger partial charge in [-0.2, -0.15) is 0 Å². The number of phenols is 1. The van der Waals surface area contributed by atoms with Crippen molar-refractivity contribution in [2.24, 2.45) is 0 Å². The van der Waals surface area contributed by atoms with Gasteiger partial charge in [0.05, 0.1) is 6.04 Å². The highest BCUT2D eigenvalue weighted by atomic mass is 16.3. The Kier molecular flexibility index (Phi) is 5.23. The number of rotatable bonds is 4. The molecule has 116 valence electrons. The molecule has 1 aromatic carbocycles. The fourth-order valence-corrected chi connectivity index (χ4v) is 3.19. The van der Waals surface area contributed by atoms with E-state index in [-0.39, 0.29) is 17.7 Å². The van der Waals surface area contributed by atoms with Crippen LogP contribution in [-0.4, -0.2) is 35.0 Å². The second-order valence-corrected chi connectivity index (χ2v) is 5.99. The fraction of sp³-hybridized carbons (Fsp3) is 0.588. The average molecular weight is 290 g/mol. The van der Waals surface area contributed by atoms with Crippen molar-refractivity contribution < 1.29 is 9.90 Å². The Bertz CT molecular complexity index is 489. The molecule has 0 aliphatic carbocycles. The minimum atomic E-state index is -0.0219. The number of benzene rings is 1. The van der Waals surface area contributed by atoms with Crippen LogP contribution in [0.5, 0.6) is 5.75 Å². The van der Waals surface area contributed by atoms with Gasteiger partial charge in [0.2, 0.25) is 5.91 Å². The largest absolute Gasteiger partial charge is 0.508 e. The SMILES string of the molecule is CCCN1CCCCC1C(=O)Nc1c(C)cc(O)cc1C. The molecule has 0 aromatic heterocycles. The lowest BCUT2D eigenvalue weighted by molar-refractivity contribution is -0.122. The monoisotopic (exact) mass is 290 g/mol. The Morgan fingerprint density at radius 2 is 2.00 bits per heavy atom. The first-order chi connectivity index (χ1) is 10.0. The summed E-state index contributed by atoms with van der Waals surface area (Å²) in [6.07, 6.45) is 4.30. The summed E-state index contributed by atoms with van der Waals surface area (Å²) in [5, 5.41) is 12.7. The second kappa shape index (κ2) is 6.94. The van der Waals surface area contributed by atoms with E-state index in [4.69, 9.17) is 0 Å². The molecule has 21 heavy (non-hydrogen) atoms. The summed E-state index contributed by atoms with van der Waals surface area (Å²) in [7, 11) is 0. The Labute approximate surface area is 127 Å². The molecule has 0 radical (unpaired) electrons. The van der Waals surface area contributed by atoms with Crippen molar-refractivity contribution in [2.45, 2.75) is 52.5 Å². The minimum Gasteiger partial charge on any atom is -0.508 e. The van der Waals surface area contributed by atoms with Gasteiger partial charge in [-0.05, 0) is 69.5 Å². The first-order valence-electron chi connectivity index (χ1n) is 7.88. The lowest BCUT2D eigenvalue weighted by Gasteiger charge is -2.34. The van der Waals surface area contributed by atoms with Gasteiger partial charge in [0.1, 0.15) is 5.75 Å². The van der Waals surface area contributed by atoms with Crippen LogP contribution in [0.4, 0.5) is 5.69 Å². The number of aromatic hydroxyl groups is 1. The van der Waals surface area contributed by atoms with Gasteiger partial charge in [-0.25, -0.2) is 0 Å². The van der Waals surface area contributed by atoms with Crippen molar-refractivity contribution in [3.05, 3.63) is 23.3 Å². The van der Waals surface area contributed by atoms with E-state index in [2.05, 4.69) is 17.1 Å². The van der Waals surface area contributed by atoms with Gasteiger partial charge in [-0.3, -0.25) is 9.69 Å². The van der Waals surface area contributed by atoms with E-state index in [9.17, 15) is 9.90 Å². The van der Waals surface area contributed by atoms with E-state index in [0.29, 0.717) is 0 Å². The molecule has 1 amide bonds. The van der Waals surface area contributed by atoms with Crippen molar-refractivity contribution in [2.75, 3.05) is 18.4 Å².